The van der Waals surface area contributed by atoms with E-state index < -0.39 is 0 Å². The van der Waals surface area contributed by atoms with Gasteiger partial charge in [-0.3, -0.25) is 9.69 Å². The number of ether oxygens (including phenoxy) is 1. The summed E-state index contributed by atoms with van der Waals surface area (Å²) in [7, 11) is 0. The third-order valence-corrected chi connectivity index (χ3v) is 6.68. The number of aryl methyl sites for hydroxylation is 3. The van der Waals surface area contributed by atoms with Gasteiger partial charge in [-0.05, 0) is 54.5 Å². The minimum Gasteiger partial charge on any atom is -0.451 e. The molecule has 0 aliphatic carbocycles. The summed E-state index contributed by atoms with van der Waals surface area (Å²) >= 11 is 0. The monoisotopic (exact) mass is 448 g/mol. The number of hydrogen-bond donors (Lipinski definition) is 1. The van der Waals surface area contributed by atoms with Crippen LogP contribution in [0, 0.1) is 20.8 Å². The molecule has 5 heteroatoms. The number of nitrogens with zero attached hydrogens (tertiary/aromatic N) is 1. The van der Waals surface area contributed by atoms with Crippen molar-refractivity contribution in [2.75, 3.05) is 32.8 Å². The molecule has 1 fully saturated rings. The third-order valence-electron chi connectivity index (χ3n) is 6.68. The molecule has 0 unspecified atom stereocenters. The molecule has 1 aliphatic heterocycles. The van der Waals surface area contributed by atoms with Gasteiger partial charge in [0.1, 0.15) is 5.58 Å². The van der Waals surface area contributed by atoms with E-state index in [-0.39, 0.29) is 17.4 Å². The van der Waals surface area contributed by atoms with Crippen LogP contribution in [0.4, 0.5) is 0 Å². The molecule has 1 saturated heterocycles. The molecular formula is C28H36N2O3. The van der Waals surface area contributed by atoms with Gasteiger partial charge in [0.2, 0.25) is 0 Å². The van der Waals surface area contributed by atoms with Crippen molar-refractivity contribution in [2.24, 2.45) is 0 Å². The first kappa shape index (κ1) is 23.5. The second-order valence-electron chi connectivity index (χ2n) is 10.3. The Morgan fingerprint density at radius 2 is 1.73 bits per heavy atom. The highest BCUT2D eigenvalue weighted by Crippen LogP contribution is 2.30. The van der Waals surface area contributed by atoms with Crippen LogP contribution in [0.1, 0.15) is 65.2 Å². The SMILES string of the molecule is Cc1cc(C)c2c(C)c(C(=O)NC[C@H](c3ccc(C(C)(C)C)cc3)N3CCOCC3)oc2c1. The molecule has 5 nitrogen and oxygen atoms in total. The van der Waals surface area contributed by atoms with Crippen LogP contribution in [-0.2, 0) is 10.2 Å². The zero-order valence-corrected chi connectivity index (χ0v) is 20.7. The van der Waals surface area contributed by atoms with Gasteiger partial charge in [0.15, 0.2) is 5.76 Å². The van der Waals surface area contributed by atoms with E-state index in [1.165, 1.54) is 11.1 Å². The molecule has 1 N–H and O–H groups in total. The van der Waals surface area contributed by atoms with Crippen LogP contribution in [0.2, 0.25) is 0 Å². The van der Waals surface area contributed by atoms with Gasteiger partial charge >= 0.3 is 0 Å². The number of carbonyl (C=O) groups excluding carboxylic acids is 1. The zero-order chi connectivity index (χ0) is 23.8. The Morgan fingerprint density at radius 1 is 1.06 bits per heavy atom. The summed E-state index contributed by atoms with van der Waals surface area (Å²) in [5.74, 6) is 0.243. The predicted molar refractivity (Wildman–Crippen MR) is 133 cm³/mol. The Morgan fingerprint density at radius 3 is 2.36 bits per heavy atom. The number of furan rings is 1. The second kappa shape index (κ2) is 9.32. The van der Waals surface area contributed by atoms with Gasteiger partial charge in [-0.15, -0.1) is 0 Å². The number of nitrogens with one attached hydrogen (secondary N) is 1. The van der Waals surface area contributed by atoms with Crippen molar-refractivity contribution in [2.45, 2.75) is 53.0 Å². The second-order valence-corrected chi connectivity index (χ2v) is 10.3. The van der Waals surface area contributed by atoms with Gasteiger partial charge in [-0.25, -0.2) is 0 Å². The number of benzene rings is 2. The summed E-state index contributed by atoms with van der Waals surface area (Å²) in [4.78, 5) is 15.6. The molecule has 2 aromatic carbocycles. The molecule has 1 amide bonds. The first-order chi connectivity index (χ1) is 15.6. The van der Waals surface area contributed by atoms with E-state index in [9.17, 15) is 4.79 Å². The maximum absolute atomic E-state index is 13.2. The molecule has 1 aliphatic rings. The van der Waals surface area contributed by atoms with Crippen LogP contribution in [0.15, 0.2) is 40.8 Å². The molecule has 176 valence electrons. The van der Waals surface area contributed by atoms with Crippen LogP contribution >= 0.6 is 0 Å². The minimum atomic E-state index is -0.162. The van der Waals surface area contributed by atoms with E-state index in [1.54, 1.807) is 0 Å². The summed E-state index contributed by atoms with van der Waals surface area (Å²) in [6.45, 7) is 16.4. The molecule has 1 aromatic heterocycles. The van der Waals surface area contributed by atoms with Crippen molar-refractivity contribution in [3.8, 4) is 0 Å². The first-order valence-corrected chi connectivity index (χ1v) is 11.9. The van der Waals surface area contributed by atoms with Crippen molar-refractivity contribution >= 4 is 16.9 Å². The number of morpholine rings is 1. The zero-order valence-electron chi connectivity index (χ0n) is 20.7. The average Bonchev–Trinajstić information content (AvgIpc) is 3.10. The normalized spacial score (nSPS) is 16.2. The molecule has 0 spiro atoms. The lowest BCUT2D eigenvalue weighted by molar-refractivity contribution is 0.0161. The Hall–Kier alpha value is -2.63. The molecule has 0 saturated carbocycles. The Balaban J connectivity index is 1.57. The topological polar surface area (TPSA) is 54.7 Å². The Kier molecular flexibility index (Phi) is 6.64. The van der Waals surface area contributed by atoms with Crippen LogP contribution in [0.3, 0.4) is 0 Å². The first-order valence-electron chi connectivity index (χ1n) is 11.9. The number of fused-ring (bicyclic) bond motifs is 1. The highest BCUT2D eigenvalue weighted by atomic mass is 16.5. The van der Waals surface area contributed by atoms with Crippen LogP contribution in [0.25, 0.3) is 11.0 Å². The summed E-state index contributed by atoms with van der Waals surface area (Å²) in [6, 6.07) is 13.0. The highest BCUT2D eigenvalue weighted by Gasteiger charge is 2.26. The van der Waals surface area contributed by atoms with Crippen molar-refractivity contribution in [1.82, 2.24) is 10.2 Å². The summed E-state index contributed by atoms with van der Waals surface area (Å²) < 4.78 is 11.6. The standard InChI is InChI=1S/C28H36N2O3/c1-18-15-19(2)25-20(3)26(33-24(25)16-18)27(31)29-17-23(30-11-13-32-14-12-30)21-7-9-22(10-8-21)28(4,5)6/h7-10,15-16,23H,11-14,17H2,1-6H3,(H,29,31)/t23-/m1/s1. The van der Waals surface area contributed by atoms with E-state index in [0.29, 0.717) is 25.5 Å². The molecule has 4 rings (SSSR count). The number of amides is 1. The van der Waals surface area contributed by atoms with Crippen LogP contribution in [0.5, 0.6) is 0 Å². The van der Waals surface area contributed by atoms with Gasteiger partial charge in [0.05, 0.1) is 19.3 Å². The minimum absolute atomic E-state index is 0.0838. The number of carbonyl (C=O) groups is 1. The molecule has 0 bridgehead atoms. The lowest BCUT2D eigenvalue weighted by Gasteiger charge is -2.35. The molecule has 0 radical (unpaired) electrons. The lowest BCUT2D eigenvalue weighted by Crippen LogP contribution is -2.43. The van der Waals surface area contributed by atoms with Crippen LogP contribution in [-0.4, -0.2) is 43.7 Å². The van der Waals surface area contributed by atoms with Crippen LogP contribution < -0.4 is 5.32 Å². The summed E-state index contributed by atoms with van der Waals surface area (Å²) in [5.41, 5.74) is 6.56. The lowest BCUT2D eigenvalue weighted by atomic mass is 9.86. The fourth-order valence-electron chi connectivity index (χ4n) is 4.83. The Labute approximate surface area is 197 Å². The Bertz CT molecular complexity index is 1130. The third kappa shape index (κ3) is 4.99. The molecular weight excluding hydrogens is 412 g/mol. The quantitative estimate of drug-likeness (QED) is 0.563. The fraction of sp³-hybridized carbons (Fsp3) is 0.464. The summed E-state index contributed by atoms with van der Waals surface area (Å²) in [6.07, 6.45) is 0. The highest BCUT2D eigenvalue weighted by molar-refractivity contribution is 6.00. The number of rotatable bonds is 5. The average molecular weight is 449 g/mol. The smallest absolute Gasteiger partial charge is 0.287 e. The predicted octanol–water partition coefficient (Wildman–Crippen LogP) is 5.46. The van der Waals surface area contributed by atoms with E-state index >= 15 is 0 Å². The fourth-order valence-corrected chi connectivity index (χ4v) is 4.83. The van der Waals surface area contributed by atoms with Crippen molar-refractivity contribution in [3.63, 3.8) is 0 Å². The van der Waals surface area contributed by atoms with Gasteiger partial charge < -0.3 is 14.5 Å². The van der Waals surface area contributed by atoms with E-state index in [0.717, 1.165) is 40.7 Å². The van der Waals surface area contributed by atoms with Gasteiger partial charge in [-0.1, -0.05) is 51.1 Å². The van der Waals surface area contributed by atoms with Crippen molar-refractivity contribution in [3.05, 3.63) is 70.0 Å². The van der Waals surface area contributed by atoms with Crippen molar-refractivity contribution < 1.29 is 13.9 Å². The number of hydrogen-bond acceptors (Lipinski definition) is 4. The maximum Gasteiger partial charge on any atom is 0.287 e. The van der Waals surface area contributed by atoms with E-state index in [4.69, 9.17) is 9.15 Å². The molecule has 2 heterocycles. The van der Waals surface area contributed by atoms with Gasteiger partial charge in [-0.2, -0.15) is 0 Å². The molecule has 33 heavy (non-hydrogen) atoms. The maximum atomic E-state index is 13.2. The molecule has 1 atom stereocenters. The van der Waals surface area contributed by atoms with Crippen molar-refractivity contribution in [1.29, 1.82) is 0 Å². The summed E-state index contributed by atoms with van der Waals surface area (Å²) in [5, 5.41) is 4.20. The largest absolute Gasteiger partial charge is 0.451 e. The van der Waals surface area contributed by atoms with E-state index in [1.807, 2.05) is 19.9 Å². The molecule has 3 aromatic rings. The van der Waals surface area contributed by atoms with Gasteiger partial charge in [0, 0.05) is 30.6 Å². The van der Waals surface area contributed by atoms with E-state index in [2.05, 4.69) is 68.2 Å². The van der Waals surface area contributed by atoms with Gasteiger partial charge in [0.25, 0.3) is 5.91 Å².